The number of pyridine rings is 1. The molecule has 0 saturated carbocycles. The van der Waals surface area contributed by atoms with E-state index in [1.165, 1.54) is 12.3 Å². The zero-order valence-electron chi connectivity index (χ0n) is 6.44. The highest BCUT2D eigenvalue weighted by Gasteiger charge is 2.10. The number of hydrogen-bond donors (Lipinski definition) is 0. The van der Waals surface area contributed by atoms with E-state index in [2.05, 4.69) is 4.98 Å². The van der Waals surface area contributed by atoms with Gasteiger partial charge < -0.3 is 0 Å². The van der Waals surface area contributed by atoms with Gasteiger partial charge in [-0.3, -0.25) is 0 Å². The molecule has 1 nitrogen and oxygen atoms in total. The minimum Gasteiger partial charge on any atom is -0.244 e. The van der Waals surface area contributed by atoms with Crippen LogP contribution in [0.15, 0.2) is 12.3 Å². The van der Waals surface area contributed by atoms with Crippen LogP contribution in [0.25, 0.3) is 0 Å². The van der Waals surface area contributed by atoms with E-state index >= 15 is 0 Å². The van der Waals surface area contributed by atoms with Gasteiger partial charge in [0.25, 0.3) is 0 Å². The molecule has 0 bridgehead atoms. The number of hydrogen-bond acceptors (Lipinski definition) is 1. The predicted octanol–water partition coefficient (Wildman–Crippen LogP) is 3.00. The van der Waals surface area contributed by atoms with E-state index in [0.29, 0.717) is 5.56 Å². The van der Waals surface area contributed by atoms with E-state index in [-0.39, 0.29) is 16.9 Å². The molecule has 0 aliphatic carbocycles. The van der Waals surface area contributed by atoms with E-state index in [1.807, 2.05) is 13.8 Å². The van der Waals surface area contributed by atoms with Crippen LogP contribution in [0, 0.1) is 5.82 Å². The van der Waals surface area contributed by atoms with E-state index in [9.17, 15) is 4.39 Å². The van der Waals surface area contributed by atoms with Crippen LogP contribution < -0.4 is 0 Å². The fourth-order valence-corrected chi connectivity index (χ4v) is 1.30. The van der Waals surface area contributed by atoms with Gasteiger partial charge in [0, 0.05) is 11.8 Å². The molecular weight excluding hydrogens is 165 g/mol. The Labute approximate surface area is 70.2 Å². The Morgan fingerprint density at radius 2 is 2.18 bits per heavy atom. The van der Waals surface area contributed by atoms with Crippen LogP contribution in [0.2, 0.25) is 5.15 Å². The Bertz CT molecular complexity index is 240. The van der Waals surface area contributed by atoms with Crippen molar-refractivity contribution < 1.29 is 4.39 Å². The van der Waals surface area contributed by atoms with Gasteiger partial charge in [0.15, 0.2) is 0 Å². The second kappa shape index (κ2) is 3.18. The maximum atomic E-state index is 13.0. The first-order valence-corrected chi connectivity index (χ1v) is 3.80. The van der Waals surface area contributed by atoms with Crippen LogP contribution in [0.5, 0.6) is 0 Å². The summed E-state index contributed by atoms with van der Waals surface area (Å²) in [5, 5.41) is 0.264. The molecule has 0 unspecified atom stereocenters. The van der Waals surface area contributed by atoms with Crippen molar-refractivity contribution in [2.75, 3.05) is 0 Å². The van der Waals surface area contributed by atoms with Crippen molar-refractivity contribution in [1.29, 1.82) is 0 Å². The molecule has 0 saturated heterocycles. The molecule has 0 fully saturated rings. The van der Waals surface area contributed by atoms with Gasteiger partial charge in [0.2, 0.25) is 0 Å². The summed E-state index contributed by atoms with van der Waals surface area (Å²) in [7, 11) is 0. The van der Waals surface area contributed by atoms with Gasteiger partial charge in [0.1, 0.15) is 11.0 Å². The fraction of sp³-hybridized carbons (Fsp3) is 0.375. The van der Waals surface area contributed by atoms with Crippen molar-refractivity contribution >= 4 is 11.6 Å². The Hall–Kier alpha value is -0.630. The van der Waals surface area contributed by atoms with Crippen molar-refractivity contribution in [1.82, 2.24) is 4.98 Å². The molecule has 0 aliphatic rings. The standard InChI is InChI=1S/C8H9ClFN/c1-5(2)7-6(10)3-4-11-8(7)9/h3-5H,1-2H3. The Morgan fingerprint density at radius 3 is 2.55 bits per heavy atom. The Balaban J connectivity index is 3.21. The normalized spacial score (nSPS) is 10.6. The summed E-state index contributed by atoms with van der Waals surface area (Å²) in [5.74, 6) is -0.198. The van der Waals surface area contributed by atoms with Gasteiger partial charge in [0.05, 0.1) is 0 Å². The van der Waals surface area contributed by atoms with Gasteiger partial charge in [-0.2, -0.15) is 0 Å². The third kappa shape index (κ3) is 1.69. The first kappa shape index (κ1) is 8.47. The second-order valence-corrected chi connectivity index (χ2v) is 3.01. The summed E-state index contributed by atoms with van der Waals surface area (Å²) in [5.41, 5.74) is 0.495. The van der Waals surface area contributed by atoms with E-state index < -0.39 is 0 Å². The Morgan fingerprint density at radius 1 is 1.55 bits per heavy atom. The lowest BCUT2D eigenvalue weighted by molar-refractivity contribution is 0.595. The molecule has 0 spiro atoms. The zero-order chi connectivity index (χ0) is 8.43. The lowest BCUT2D eigenvalue weighted by atomic mass is 10.1. The third-order valence-electron chi connectivity index (χ3n) is 1.47. The molecule has 0 amide bonds. The molecule has 1 rings (SSSR count). The first-order chi connectivity index (χ1) is 5.13. The first-order valence-electron chi connectivity index (χ1n) is 3.43. The SMILES string of the molecule is CC(C)c1c(F)ccnc1Cl. The van der Waals surface area contributed by atoms with E-state index in [0.717, 1.165) is 0 Å². The molecule has 11 heavy (non-hydrogen) atoms. The minimum atomic E-state index is -0.278. The van der Waals surface area contributed by atoms with Crippen LogP contribution in [0.4, 0.5) is 4.39 Å². The van der Waals surface area contributed by atoms with E-state index in [1.54, 1.807) is 0 Å². The highest BCUT2D eigenvalue weighted by Crippen LogP contribution is 2.24. The van der Waals surface area contributed by atoms with Crippen LogP contribution in [0.1, 0.15) is 25.3 Å². The summed E-state index contributed by atoms with van der Waals surface area (Å²) >= 11 is 5.67. The molecule has 60 valence electrons. The van der Waals surface area contributed by atoms with Gasteiger partial charge in [-0.15, -0.1) is 0 Å². The summed E-state index contributed by atoms with van der Waals surface area (Å²) in [6.07, 6.45) is 1.36. The molecule has 0 aromatic carbocycles. The van der Waals surface area contributed by atoms with Crippen molar-refractivity contribution in [2.24, 2.45) is 0 Å². The highest BCUT2D eigenvalue weighted by molar-refractivity contribution is 6.30. The quantitative estimate of drug-likeness (QED) is 0.595. The van der Waals surface area contributed by atoms with E-state index in [4.69, 9.17) is 11.6 Å². The average Bonchev–Trinajstić information content (AvgIpc) is 1.85. The molecule has 1 aromatic heterocycles. The average molecular weight is 174 g/mol. The molecule has 1 aromatic rings. The molecule has 1 heterocycles. The number of aromatic nitrogens is 1. The van der Waals surface area contributed by atoms with Crippen molar-refractivity contribution in [3.8, 4) is 0 Å². The molecule has 0 aliphatic heterocycles. The number of halogens is 2. The lowest BCUT2D eigenvalue weighted by Crippen LogP contribution is -1.95. The monoisotopic (exact) mass is 173 g/mol. The van der Waals surface area contributed by atoms with Gasteiger partial charge in [-0.25, -0.2) is 9.37 Å². The van der Waals surface area contributed by atoms with Crippen molar-refractivity contribution in [3.63, 3.8) is 0 Å². The number of nitrogens with zero attached hydrogens (tertiary/aromatic N) is 1. The molecule has 0 radical (unpaired) electrons. The minimum absolute atomic E-state index is 0.0798. The molecular formula is C8H9ClFN. The third-order valence-corrected chi connectivity index (χ3v) is 1.77. The van der Waals surface area contributed by atoms with Gasteiger partial charge in [-0.05, 0) is 12.0 Å². The highest BCUT2D eigenvalue weighted by atomic mass is 35.5. The van der Waals surface area contributed by atoms with Gasteiger partial charge in [-0.1, -0.05) is 25.4 Å². The summed E-state index contributed by atoms with van der Waals surface area (Å²) in [6, 6.07) is 1.32. The topological polar surface area (TPSA) is 12.9 Å². The number of rotatable bonds is 1. The summed E-state index contributed by atoms with van der Waals surface area (Å²) in [4.78, 5) is 3.79. The van der Waals surface area contributed by atoms with Crippen LogP contribution >= 0.6 is 11.6 Å². The van der Waals surface area contributed by atoms with Crippen LogP contribution in [-0.2, 0) is 0 Å². The van der Waals surface area contributed by atoms with Crippen molar-refractivity contribution in [2.45, 2.75) is 19.8 Å². The smallest absolute Gasteiger partial charge is 0.135 e. The van der Waals surface area contributed by atoms with Crippen LogP contribution in [-0.4, -0.2) is 4.98 Å². The molecule has 3 heteroatoms. The summed E-state index contributed by atoms with van der Waals surface area (Å²) < 4.78 is 13.0. The summed E-state index contributed by atoms with van der Waals surface area (Å²) in [6.45, 7) is 3.76. The molecule has 0 N–H and O–H groups in total. The second-order valence-electron chi connectivity index (χ2n) is 2.65. The Kier molecular flexibility index (Phi) is 2.45. The molecule has 0 atom stereocenters. The predicted molar refractivity (Wildman–Crippen MR) is 43.3 cm³/mol. The van der Waals surface area contributed by atoms with Gasteiger partial charge >= 0.3 is 0 Å². The maximum Gasteiger partial charge on any atom is 0.135 e. The lowest BCUT2D eigenvalue weighted by Gasteiger charge is -2.06. The zero-order valence-corrected chi connectivity index (χ0v) is 7.19. The van der Waals surface area contributed by atoms with Crippen molar-refractivity contribution in [3.05, 3.63) is 28.8 Å². The maximum absolute atomic E-state index is 13.0. The van der Waals surface area contributed by atoms with Crippen LogP contribution in [0.3, 0.4) is 0 Å². The fourth-order valence-electron chi connectivity index (χ4n) is 0.940. The largest absolute Gasteiger partial charge is 0.244 e.